The fraction of sp³-hybridized carbons (Fsp3) is 0.600. The van der Waals surface area contributed by atoms with Gasteiger partial charge in [-0.1, -0.05) is 0 Å². The molecule has 3 saturated heterocycles. The summed E-state index contributed by atoms with van der Waals surface area (Å²) in [4.78, 5) is 0. The Bertz CT molecular complexity index is 483. The number of ether oxygens (including phenoxy) is 4. The number of rotatable bonds is 7. The van der Waals surface area contributed by atoms with Crippen LogP contribution in [0.15, 0.2) is 24.3 Å². The summed E-state index contributed by atoms with van der Waals surface area (Å²) in [6.07, 6.45) is 2.86. The van der Waals surface area contributed by atoms with E-state index < -0.39 is 0 Å². The second-order valence-corrected chi connectivity index (χ2v) is 5.88. The summed E-state index contributed by atoms with van der Waals surface area (Å²) < 4.78 is 22.4. The maximum atomic E-state index is 5.94. The first-order chi connectivity index (χ1) is 9.73. The van der Waals surface area contributed by atoms with Gasteiger partial charge in [0.2, 0.25) is 0 Å². The molecule has 20 heavy (non-hydrogen) atoms. The van der Waals surface area contributed by atoms with E-state index in [0.29, 0.717) is 18.8 Å². The van der Waals surface area contributed by atoms with Crippen molar-refractivity contribution >= 4 is 5.69 Å². The van der Waals surface area contributed by atoms with E-state index in [4.69, 9.17) is 24.7 Å². The fourth-order valence-electron chi connectivity index (χ4n) is 2.66. The molecule has 5 heteroatoms. The lowest BCUT2D eigenvalue weighted by atomic mass is 9.97. The van der Waals surface area contributed by atoms with Gasteiger partial charge in [0.05, 0.1) is 31.5 Å². The van der Waals surface area contributed by atoms with Gasteiger partial charge in [0.25, 0.3) is 0 Å². The smallest absolute Gasteiger partial charge is 0.131 e. The summed E-state index contributed by atoms with van der Waals surface area (Å²) in [5.41, 5.74) is 6.22. The van der Waals surface area contributed by atoms with E-state index in [1.165, 1.54) is 0 Å². The van der Waals surface area contributed by atoms with Crippen LogP contribution in [0, 0.1) is 0 Å². The van der Waals surface area contributed by atoms with Crippen molar-refractivity contribution in [3.63, 3.8) is 0 Å². The quantitative estimate of drug-likeness (QED) is 0.602. The van der Waals surface area contributed by atoms with Gasteiger partial charge in [-0.05, 0) is 24.3 Å². The van der Waals surface area contributed by atoms with Crippen LogP contribution in [0.2, 0.25) is 0 Å². The Kier molecular flexibility index (Phi) is 2.87. The molecule has 0 saturated carbocycles. The Labute approximate surface area is 117 Å². The van der Waals surface area contributed by atoms with Crippen molar-refractivity contribution in [3.8, 4) is 5.75 Å². The molecule has 108 valence electrons. The molecule has 5 nitrogen and oxygen atoms in total. The lowest BCUT2D eigenvalue weighted by Crippen LogP contribution is -2.27. The van der Waals surface area contributed by atoms with Crippen LogP contribution >= 0.6 is 0 Å². The number of nitrogen functional groups attached to an aromatic ring is 1. The molecule has 1 aromatic carbocycles. The minimum Gasteiger partial charge on any atom is -0.490 e. The zero-order valence-corrected chi connectivity index (χ0v) is 11.3. The van der Waals surface area contributed by atoms with E-state index in [0.717, 1.165) is 37.5 Å². The second-order valence-electron chi connectivity index (χ2n) is 5.88. The minimum atomic E-state index is -0.186. The second kappa shape index (κ2) is 4.62. The number of benzene rings is 1. The van der Waals surface area contributed by atoms with Gasteiger partial charge in [-0.25, -0.2) is 0 Å². The topological polar surface area (TPSA) is 72.8 Å². The van der Waals surface area contributed by atoms with E-state index in [2.05, 4.69) is 0 Å². The van der Waals surface area contributed by atoms with Gasteiger partial charge in [0.1, 0.15) is 18.0 Å². The molecule has 4 unspecified atom stereocenters. The number of hydrogen-bond donors (Lipinski definition) is 1. The molecule has 3 fully saturated rings. The monoisotopic (exact) mass is 277 g/mol. The minimum absolute atomic E-state index is 0.186. The van der Waals surface area contributed by atoms with E-state index >= 15 is 0 Å². The Morgan fingerprint density at radius 1 is 1.15 bits per heavy atom. The summed E-state index contributed by atoms with van der Waals surface area (Å²) in [7, 11) is 0. The van der Waals surface area contributed by atoms with E-state index in [9.17, 15) is 0 Å². The van der Waals surface area contributed by atoms with Crippen molar-refractivity contribution in [2.24, 2.45) is 0 Å². The third kappa shape index (κ3) is 2.75. The molecule has 0 aromatic heterocycles. The number of anilines is 1. The van der Waals surface area contributed by atoms with Crippen LogP contribution in [0.25, 0.3) is 0 Å². The normalized spacial score (nSPS) is 37.5. The molecule has 1 aromatic rings. The average molecular weight is 277 g/mol. The third-order valence-corrected chi connectivity index (χ3v) is 4.12. The Balaban J connectivity index is 1.36. The summed E-state index contributed by atoms with van der Waals surface area (Å²) in [6, 6.07) is 7.46. The molecule has 0 radical (unpaired) electrons. The maximum Gasteiger partial charge on any atom is 0.131 e. The molecule has 0 bridgehead atoms. The van der Waals surface area contributed by atoms with Crippen LogP contribution in [0.3, 0.4) is 0 Å². The molecule has 0 amide bonds. The molecule has 2 N–H and O–H groups in total. The highest BCUT2D eigenvalue weighted by Crippen LogP contribution is 2.47. The molecule has 3 heterocycles. The van der Waals surface area contributed by atoms with Gasteiger partial charge in [0, 0.05) is 18.5 Å². The Hall–Kier alpha value is -1.30. The van der Waals surface area contributed by atoms with Gasteiger partial charge in [-0.2, -0.15) is 0 Å². The molecule has 0 aliphatic carbocycles. The van der Waals surface area contributed by atoms with Crippen molar-refractivity contribution < 1.29 is 18.9 Å². The van der Waals surface area contributed by atoms with Gasteiger partial charge in [0.15, 0.2) is 0 Å². The first-order valence-electron chi connectivity index (χ1n) is 7.13. The van der Waals surface area contributed by atoms with Crippen LogP contribution in [0.1, 0.15) is 12.8 Å². The SMILES string of the molecule is Nc1ccc(OCC2(CC3CO3)OC2CC2CO2)cc1. The number of epoxide rings is 3. The van der Waals surface area contributed by atoms with Gasteiger partial charge >= 0.3 is 0 Å². The molecular weight excluding hydrogens is 258 g/mol. The van der Waals surface area contributed by atoms with Gasteiger partial charge in [-0.15, -0.1) is 0 Å². The van der Waals surface area contributed by atoms with Crippen LogP contribution in [0.4, 0.5) is 5.69 Å². The first kappa shape index (κ1) is 12.4. The molecule has 4 rings (SSSR count). The van der Waals surface area contributed by atoms with Crippen LogP contribution in [0.5, 0.6) is 5.75 Å². The van der Waals surface area contributed by atoms with Crippen molar-refractivity contribution in [1.29, 1.82) is 0 Å². The summed E-state index contributed by atoms with van der Waals surface area (Å²) in [5.74, 6) is 0.826. The summed E-state index contributed by atoms with van der Waals surface area (Å²) in [6.45, 7) is 2.28. The maximum absolute atomic E-state index is 5.94. The number of nitrogens with two attached hydrogens (primary N) is 1. The number of hydrogen-bond acceptors (Lipinski definition) is 5. The fourth-order valence-corrected chi connectivity index (χ4v) is 2.66. The zero-order chi connectivity index (χ0) is 13.6. The highest BCUT2D eigenvalue weighted by molar-refractivity contribution is 5.41. The molecule has 0 spiro atoms. The van der Waals surface area contributed by atoms with E-state index in [1.54, 1.807) is 0 Å². The first-order valence-corrected chi connectivity index (χ1v) is 7.13. The Morgan fingerprint density at radius 2 is 1.85 bits per heavy atom. The average Bonchev–Trinajstić information content (AvgIpc) is 3.28. The zero-order valence-electron chi connectivity index (χ0n) is 11.3. The third-order valence-electron chi connectivity index (χ3n) is 4.12. The molecular formula is C15H19NO4. The summed E-state index contributed by atoms with van der Waals surface area (Å²) in [5, 5.41) is 0. The Morgan fingerprint density at radius 3 is 2.50 bits per heavy atom. The van der Waals surface area contributed by atoms with Crippen molar-refractivity contribution in [2.45, 2.75) is 36.8 Å². The molecule has 4 atom stereocenters. The van der Waals surface area contributed by atoms with Gasteiger partial charge < -0.3 is 24.7 Å². The summed E-state index contributed by atoms with van der Waals surface area (Å²) >= 11 is 0. The van der Waals surface area contributed by atoms with E-state index in [1.807, 2.05) is 24.3 Å². The van der Waals surface area contributed by atoms with Crippen molar-refractivity contribution in [2.75, 3.05) is 25.6 Å². The molecule has 3 aliphatic heterocycles. The van der Waals surface area contributed by atoms with E-state index in [-0.39, 0.29) is 11.7 Å². The van der Waals surface area contributed by atoms with Crippen LogP contribution in [-0.2, 0) is 14.2 Å². The predicted octanol–water partition coefficient (Wildman–Crippen LogP) is 1.36. The lowest BCUT2D eigenvalue weighted by Gasteiger charge is -2.13. The predicted molar refractivity (Wildman–Crippen MR) is 72.7 cm³/mol. The standard InChI is InChI=1S/C15H19NO4/c16-10-1-3-11(4-2-10)19-9-15(6-13-8-18-13)14(20-15)5-12-7-17-12/h1-4,12-14H,5-9,16H2. The van der Waals surface area contributed by atoms with Crippen LogP contribution in [-0.4, -0.2) is 43.7 Å². The van der Waals surface area contributed by atoms with Crippen molar-refractivity contribution in [1.82, 2.24) is 0 Å². The highest BCUT2D eigenvalue weighted by Gasteiger charge is 2.60. The largest absolute Gasteiger partial charge is 0.490 e. The van der Waals surface area contributed by atoms with Gasteiger partial charge in [-0.3, -0.25) is 0 Å². The highest BCUT2D eigenvalue weighted by atomic mass is 16.6. The lowest BCUT2D eigenvalue weighted by molar-refractivity contribution is 0.169. The molecule has 3 aliphatic rings. The van der Waals surface area contributed by atoms with Crippen molar-refractivity contribution in [3.05, 3.63) is 24.3 Å². The van der Waals surface area contributed by atoms with Crippen LogP contribution < -0.4 is 10.5 Å².